The molecule has 7 heteroatoms. The van der Waals surface area contributed by atoms with Crippen LogP contribution in [0.3, 0.4) is 0 Å². The van der Waals surface area contributed by atoms with E-state index in [0.717, 1.165) is 19.0 Å². The van der Waals surface area contributed by atoms with Crippen molar-refractivity contribution >= 4 is 11.7 Å². The quantitative estimate of drug-likeness (QED) is 0.480. The average Bonchev–Trinajstić information content (AvgIpc) is 2.86. The largest absolute Gasteiger partial charge is 0.358 e. The van der Waals surface area contributed by atoms with Gasteiger partial charge in [-0.3, -0.25) is 4.79 Å². The van der Waals surface area contributed by atoms with Gasteiger partial charge in [-0.15, -0.1) is 0 Å². The van der Waals surface area contributed by atoms with Gasteiger partial charge in [-0.1, -0.05) is 30.3 Å². The third-order valence-corrected chi connectivity index (χ3v) is 3.33. The van der Waals surface area contributed by atoms with Gasteiger partial charge in [-0.2, -0.15) is 0 Å². The van der Waals surface area contributed by atoms with Crippen molar-refractivity contribution in [2.45, 2.75) is 26.3 Å². The highest BCUT2D eigenvalue weighted by Crippen LogP contribution is 2.12. The number of benzene rings is 1. The monoisotopic (exact) mass is 302 g/mol. The van der Waals surface area contributed by atoms with E-state index in [2.05, 4.69) is 10.3 Å². The first-order valence-electron chi connectivity index (χ1n) is 7.05. The number of hydrogen-bond donors (Lipinski definition) is 1. The second-order valence-corrected chi connectivity index (χ2v) is 4.95. The molecule has 116 valence electrons. The number of nitro groups is 1. The third kappa shape index (κ3) is 4.15. The summed E-state index contributed by atoms with van der Waals surface area (Å²) in [6.07, 6.45) is 2.87. The number of rotatable bonds is 7. The van der Waals surface area contributed by atoms with Crippen molar-refractivity contribution < 1.29 is 9.72 Å². The van der Waals surface area contributed by atoms with Crippen LogP contribution in [0.5, 0.6) is 0 Å². The Morgan fingerprint density at radius 3 is 2.77 bits per heavy atom. The summed E-state index contributed by atoms with van der Waals surface area (Å²) >= 11 is 0. The lowest BCUT2D eigenvalue weighted by Gasteiger charge is -2.06. The van der Waals surface area contributed by atoms with Crippen molar-refractivity contribution in [3.63, 3.8) is 0 Å². The molecular formula is C15H18N4O3. The summed E-state index contributed by atoms with van der Waals surface area (Å²) in [4.78, 5) is 26.0. The Bertz CT molecular complexity index is 652. The molecule has 0 unspecified atom stereocenters. The standard InChI is InChI=1S/C15H18N4O3/c1-12-17-10-15(19(21)22)18(12)11-14(20)16-9-5-8-13-6-3-2-4-7-13/h2-4,6-7,10H,5,8-9,11H2,1H3,(H,16,20). The molecule has 0 aliphatic carbocycles. The van der Waals surface area contributed by atoms with Crippen molar-refractivity contribution in [2.75, 3.05) is 6.54 Å². The first kappa shape index (κ1) is 15.7. The molecule has 0 radical (unpaired) electrons. The van der Waals surface area contributed by atoms with E-state index in [0.29, 0.717) is 12.4 Å². The molecule has 0 aliphatic heterocycles. The van der Waals surface area contributed by atoms with E-state index in [4.69, 9.17) is 0 Å². The normalized spacial score (nSPS) is 10.4. The summed E-state index contributed by atoms with van der Waals surface area (Å²) in [6.45, 7) is 2.08. The summed E-state index contributed by atoms with van der Waals surface area (Å²) in [5.74, 6) is 0.0281. The van der Waals surface area contributed by atoms with E-state index in [9.17, 15) is 14.9 Å². The van der Waals surface area contributed by atoms with E-state index >= 15 is 0 Å². The number of aromatic nitrogens is 2. The molecule has 1 aromatic heterocycles. The lowest BCUT2D eigenvalue weighted by molar-refractivity contribution is -0.392. The van der Waals surface area contributed by atoms with Crippen LogP contribution in [0.15, 0.2) is 36.5 Å². The van der Waals surface area contributed by atoms with Gasteiger partial charge in [0.25, 0.3) is 5.91 Å². The van der Waals surface area contributed by atoms with Gasteiger partial charge in [0.2, 0.25) is 0 Å². The Balaban J connectivity index is 1.79. The molecule has 1 aromatic carbocycles. The Labute approximate surface area is 128 Å². The molecule has 0 saturated heterocycles. The molecule has 0 fully saturated rings. The van der Waals surface area contributed by atoms with Crippen molar-refractivity contribution in [2.24, 2.45) is 0 Å². The number of amides is 1. The zero-order valence-electron chi connectivity index (χ0n) is 12.4. The molecule has 0 atom stereocenters. The summed E-state index contributed by atoms with van der Waals surface area (Å²) in [6, 6.07) is 10.0. The topological polar surface area (TPSA) is 90.1 Å². The Morgan fingerprint density at radius 1 is 1.36 bits per heavy atom. The maximum atomic E-state index is 11.9. The number of nitrogens with one attached hydrogen (secondary N) is 1. The number of imidazole rings is 1. The fourth-order valence-corrected chi connectivity index (χ4v) is 2.16. The third-order valence-electron chi connectivity index (χ3n) is 3.33. The zero-order chi connectivity index (χ0) is 15.9. The molecule has 22 heavy (non-hydrogen) atoms. The molecular weight excluding hydrogens is 284 g/mol. The highest BCUT2D eigenvalue weighted by Gasteiger charge is 2.19. The van der Waals surface area contributed by atoms with Crippen LogP contribution in [0.4, 0.5) is 5.82 Å². The van der Waals surface area contributed by atoms with E-state index in [1.54, 1.807) is 6.92 Å². The van der Waals surface area contributed by atoms with Crippen LogP contribution in [-0.2, 0) is 17.8 Å². The molecule has 0 spiro atoms. The summed E-state index contributed by atoms with van der Waals surface area (Å²) in [5.41, 5.74) is 1.22. The lowest BCUT2D eigenvalue weighted by atomic mass is 10.1. The van der Waals surface area contributed by atoms with Crippen molar-refractivity contribution in [3.8, 4) is 0 Å². The van der Waals surface area contributed by atoms with Gasteiger partial charge >= 0.3 is 5.82 Å². The maximum Gasteiger partial charge on any atom is 0.343 e. The first-order chi connectivity index (χ1) is 10.6. The van der Waals surface area contributed by atoms with Crippen LogP contribution in [0.25, 0.3) is 0 Å². The van der Waals surface area contributed by atoms with Gasteiger partial charge in [-0.25, -0.2) is 9.55 Å². The van der Waals surface area contributed by atoms with Gasteiger partial charge in [0, 0.05) is 13.5 Å². The number of aryl methyl sites for hydroxylation is 2. The molecule has 0 saturated carbocycles. The Hall–Kier alpha value is -2.70. The lowest BCUT2D eigenvalue weighted by Crippen LogP contribution is -2.29. The molecule has 0 bridgehead atoms. The van der Waals surface area contributed by atoms with Crippen LogP contribution < -0.4 is 5.32 Å². The van der Waals surface area contributed by atoms with Crippen LogP contribution in [-0.4, -0.2) is 26.9 Å². The minimum absolute atomic E-state index is 0.0898. The van der Waals surface area contributed by atoms with E-state index < -0.39 is 4.92 Å². The van der Waals surface area contributed by atoms with Crippen LogP contribution in [0.1, 0.15) is 17.8 Å². The minimum Gasteiger partial charge on any atom is -0.358 e. The van der Waals surface area contributed by atoms with Gasteiger partial charge in [0.15, 0.2) is 12.4 Å². The number of carbonyl (C=O) groups is 1. The predicted octanol–water partition coefficient (Wildman–Crippen LogP) is 1.85. The molecule has 1 N–H and O–H groups in total. The smallest absolute Gasteiger partial charge is 0.343 e. The average molecular weight is 302 g/mol. The SMILES string of the molecule is Cc1ncc([N+](=O)[O-])n1CC(=O)NCCCc1ccccc1. The second-order valence-electron chi connectivity index (χ2n) is 4.95. The molecule has 1 amide bonds. The molecule has 1 heterocycles. The van der Waals surface area contributed by atoms with Crippen molar-refractivity contribution in [3.05, 3.63) is 58.0 Å². The summed E-state index contributed by atoms with van der Waals surface area (Å²) in [7, 11) is 0. The zero-order valence-corrected chi connectivity index (χ0v) is 12.4. The van der Waals surface area contributed by atoms with Crippen LogP contribution in [0, 0.1) is 17.0 Å². The molecule has 0 aliphatic rings. The molecule has 2 rings (SSSR count). The van der Waals surface area contributed by atoms with Crippen molar-refractivity contribution in [1.82, 2.24) is 14.9 Å². The van der Waals surface area contributed by atoms with Crippen LogP contribution >= 0.6 is 0 Å². The predicted molar refractivity (Wildman–Crippen MR) is 81.4 cm³/mol. The molecule has 7 nitrogen and oxygen atoms in total. The number of nitrogens with zero attached hydrogens (tertiary/aromatic N) is 3. The minimum atomic E-state index is -0.539. The summed E-state index contributed by atoms with van der Waals surface area (Å²) in [5, 5.41) is 13.6. The van der Waals surface area contributed by atoms with Gasteiger partial charge in [0.05, 0.1) is 0 Å². The van der Waals surface area contributed by atoms with Gasteiger partial charge in [-0.05, 0) is 23.3 Å². The summed E-state index contributed by atoms with van der Waals surface area (Å²) < 4.78 is 1.30. The fourth-order valence-electron chi connectivity index (χ4n) is 2.16. The first-order valence-corrected chi connectivity index (χ1v) is 7.05. The fraction of sp³-hybridized carbons (Fsp3) is 0.333. The Kier molecular flexibility index (Phi) is 5.24. The maximum absolute atomic E-state index is 11.9. The van der Waals surface area contributed by atoms with Crippen LogP contribution in [0.2, 0.25) is 0 Å². The van der Waals surface area contributed by atoms with E-state index in [-0.39, 0.29) is 18.3 Å². The molecule has 2 aromatic rings. The second kappa shape index (κ2) is 7.35. The van der Waals surface area contributed by atoms with Gasteiger partial charge < -0.3 is 15.4 Å². The number of hydrogen-bond acceptors (Lipinski definition) is 4. The van der Waals surface area contributed by atoms with E-state index in [1.165, 1.54) is 10.1 Å². The Morgan fingerprint density at radius 2 is 2.09 bits per heavy atom. The van der Waals surface area contributed by atoms with Crippen molar-refractivity contribution in [1.29, 1.82) is 0 Å². The highest BCUT2D eigenvalue weighted by atomic mass is 16.6. The number of carbonyl (C=O) groups excluding carboxylic acids is 1. The highest BCUT2D eigenvalue weighted by molar-refractivity contribution is 5.76. The van der Waals surface area contributed by atoms with E-state index in [1.807, 2.05) is 30.3 Å². The van der Waals surface area contributed by atoms with Gasteiger partial charge in [0.1, 0.15) is 6.20 Å².